The summed E-state index contributed by atoms with van der Waals surface area (Å²) in [7, 11) is 0. The molecule has 114 valence electrons. The molecular weight excluding hydrogens is 303 g/mol. The molecule has 0 bridgehead atoms. The van der Waals surface area contributed by atoms with Crippen LogP contribution in [-0.4, -0.2) is 16.5 Å². The van der Waals surface area contributed by atoms with Crippen molar-refractivity contribution in [2.75, 3.05) is 0 Å². The standard InChI is InChI=1S/C15H15ClF3NO/c1-8-2-4-10(13(14(8)16)15(17,18)19)9-3-5-12-11(6-9)20-7-21-12/h3,5-8,10,13-14H,2,4H2,1H3. The lowest BCUT2D eigenvalue weighted by atomic mass is 9.71. The normalized spacial score (nSPS) is 30.7. The van der Waals surface area contributed by atoms with E-state index < -0.39 is 23.4 Å². The molecule has 21 heavy (non-hydrogen) atoms. The van der Waals surface area contributed by atoms with Crippen LogP contribution in [0.4, 0.5) is 13.2 Å². The zero-order valence-electron chi connectivity index (χ0n) is 11.4. The zero-order chi connectivity index (χ0) is 15.2. The van der Waals surface area contributed by atoms with Crippen LogP contribution in [0.5, 0.6) is 0 Å². The highest BCUT2D eigenvalue weighted by molar-refractivity contribution is 6.21. The summed E-state index contributed by atoms with van der Waals surface area (Å²) in [6.45, 7) is 1.79. The molecule has 1 saturated carbocycles. The van der Waals surface area contributed by atoms with Crippen LogP contribution < -0.4 is 0 Å². The molecule has 3 rings (SSSR count). The molecule has 1 aromatic carbocycles. The first kappa shape index (κ1) is 14.7. The minimum Gasteiger partial charge on any atom is -0.443 e. The van der Waals surface area contributed by atoms with Crippen LogP contribution in [0.15, 0.2) is 29.0 Å². The van der Waals surface area contributed by atoms with Crippen molar-refractivity contribution in [3.63, 3.8) is 0 Å². The molecule has 0 radical (unpaired) electrons. The molecule has 4 atom stereocenters. The first-order valence-corrected chi connectivity index (χ1v) is 7.35. The Labute approximate surface area is 125 Å². The van der Waals surface area contributed by atoms with Crippen LogP contribution in [0.2, 0.25) is 0 Å². The topological polar surface area (TPSA) is 26.0 Å². The fraction of sp³-hybridized carbons (Fsp3) is 0.533. The van der Waals surface area contributed by atoms with E-state index in [1.165, 1.54) is 6.39 Å². The molecule has 4 unspecified atom stereocenters. The van der Waals surface area contributed by atoms with Crippen molar-refractivity contribution in [1.29, 1.82) is 0 Å². The first-order valence-electron chi connectivity index (χ1n) is 6.92. The highest BCUT2D eigenvalue weighted by atomic mass is 35.5. The number of rotatable bonds is 1. The summed E-state index contributed by atoms with van der Waals surface area (Å²) in [4.78, 5) is 4.01. The molecule has 1 fully saturated rings. The van der Waals surface area contributed by atoms with Gasteiger partial charge in [-0.1, -0.05) is 13.0 Å². The van der Waals surface area contributed by atoms with Gasteiger partial charge in [-0.15, -0.1) is 11.6 Å². The smallest absolute Gasteiger partial charge is 0.393 e. The Morgan fingerprint density at radius 3 is 2.76 bits per heavy atom. The van der Waals surface area contributed by atoms with E-state index in [1.807, 2.05) is 0 Å². The number of halogens is 4. The summed E-state index contributed by atoms with van der Waals surface area (Å²) < 4.78 is 45.4. The van der Waals surface area contributed by atoms with Gasteiger partial charge in [0.15, 0.2) is 12.0 Å². The molecule has 0 spiro atoms. The Kier molecular flexibility index (Phi) is 3.64. The maximum absolute atomic E-state index is 13.4. The van der Waals surface area contributed by atoms with Gasteiger partial charge in [0.05, 0.1) is 5.92 Å². The zero-order valence-corrected chi connectivity index (χ0v) is 12.2. The summed E-state index contributed by atoms with van der Waals surface area (Å²) in [5.74, 6) is -2.28. The third-order valence-corrected chi connectivity index (χ3v) is 5.12. The average molecular weight is 318 g/mol. The molecule has 6 heteroatoms. The number of alkyl halides is 4. The van der Waals surface area contributed by atoms with Crippen molar-refractivity contribution < 1.29 is 17.6 Å². The number of fused-ring (bicyclic) bond motifs is 1. The van der Waals surface area contributed by atoms with E-state index >= 15 is 0 Å². The predicted octanol–water partition coefficient (Wildman–Crippen LogP) is 5.13. The Morgan fingerprint density at radius 2 is 2.05 bits per heavy atom. The van der Waals surface area contributed by atoms with E-state index in [1.54, 1.807) is 25.1 Å². The van der Waals surface area contributed by atoms with Crippen LogP contribution in [0.1, 0.15) is 31.2 Å². The Hall–Kier alpha value is -1.23. The number of oxazole rings is 1. The summed E-state index contributed by atoms with van der Waals surface area (Å²) in [6, 6.07) is 5.05. The van der Waals surface area contributed by atoms with Gasteiger partial charge in [-0.05, 0) is 42.4 Å². The number of hydrogen-bond acceptors (Lipinski definition) is 2. The highest BCUT2D eigenvalue weighted by Gasteiger charge is 2.52. The second-order valence-corrected chi connectivity index (χ2v) is 6.26. The molecule has 1 aliphatic carbocycles. The molecule has 1 heterocycles. The fourth-order valence-electron chi connectivity index (χ4n) is 3.25. The van der Waals surface area contributed by atoms with Gasteiger partial charge in [0.2, 0.25) is 0 Å². The van der Waals surface area contributed by atoms with Crippen LogP contribution >= 0.6 is 11.6 Å². The van der Waals surface area contributed by atoms with Gasteiger partial charge in [0.25, 0.3) is 0 Å². The molecule has 1 aromatic heterocycles. The SMILES string of the molecule is CC1CCC(c2ccc3ocnc3c2)C(C(F)(F)F)C1Cl. The second kappa shape index (κ2) is 5.20. The second-order valence-electron chi connectivity index (χ2n) is 5.75. The first-order chi connectivity index (χ1) is 9.88. The third-order valence-electron chi connectivity index (χ3n) is 4.41. The Balaban J connectivity index is 2.01. The summed E-state index contributed by atoms with van der Waals surface area (Å²) in [5.41, 5.74) is 1.79. The summed E-state index contributed by atoms with van der Waals surface area (Å²) >= 11 is 6.11. The van der Waals surface area contributed by atoms with E-state index in [2.05, 4.69) is 4.98 Å². The summed E-state index contributed by atoms with van der Waals surface area (Å²) in [5, 5.41) is -0.892. The lowest BCUT2D eigenvalue weighted by Crippen LogP contribution is -2.42. The van der Waals surface area contributed by atoms with Crippen molar-refractivity contribution in [1.82, 2.24) is 4.98 Å². The minimum atomic E-state index is -4.30. The van der Waals surface area contributed by atoms with Gasteiger partial charge < -0.3 is 4.42 Å². The maximum Gasteiger partial charge on any atom is 0.393 e. The summed E-state index contributed by atoms with van der Waals surface area (Å²) in [6.07, 6.45) is -1.83. The number of nitrogens with zero attached hydrogens (tertiary/aromatic N) is 1. The van der Waals surface area contributed by atoms with E-state index in [9.17, 15) is 13.2 Å². The van der Waals surface area contributed by atoms with E-state index in [-0.39, 0.29) is 5.92 Å². The maximum atomic E-state index is 13.4. The molecule has 0 N–H and O–H groups in total. The third kappa shape index (κ3) is 2.63. The van der Waals surface area contributed by atoms with Crippen LogP contribution in [0.3, 0.4) is 0 Å². The quantitative estimate of drug-likeness (QED) is 0.682. The number of benzene rings is 1. The minimum absolute atomic E-state index is 0.134. The van der Waals surface area contributed by atoms with Gasteiger partial charge in [0.1, 0.15) is 5.52 Å². The predicted molar refractivity (Wildman–Crippen MR) is 74.3 cm³/mol. The molecule has 0 saturated heterocycles. The monoisotopic (exact) mass is 317 g/mol. The number of aromatic nitrogens is 1. The Bertz CT molecular complexity index is 639. The van der Waals surface area contributed by atoms with Crippen molar-refractivity contribution in [3.8, 4) is 0 Å². The lowest BCUT2D eigenvalue weighted by Gasteiger charge is -2.40. The molecule has 2 nitrogen and oxygen atoms in total. The van der Waals surface area contributed by atoms with Crippen molar-refractivity contribution in [2.24, 2.45) is 11.8 Å². The van der Waals surface area contributed by atoms with Crippen LogP contribution in [0.25, 0.3) is 11.1 Å². The van der Waals surface area contributed by atoms with E-state index in [0.29, 0.717) is 29.5 Å². The fourth-order valence-corrected chi connectivity index (χ4v) is 3.69. The average Bonchev–Trinajstić information content (AvgIpc) is 2.87. The van der Waals surface area contributed by atoms with Gasteiger partial charge in [0, 0.05) is 5.38 Å². The van der Waals surface area contributed by atoms with Gasteiger partial charge >= 0.3 is 6.18 Å². The molecule has 1 aliphatic rings. The van der Waals surface area contributed by atoms with Crippen LogP contribution in [0, 0.1) is 11.8 Å². The van der Waals surface area contributed by atoms with Crippen LogP contribution in [-0.2, 0) is 0 Å². The van der Waals surface area contributed by atoms with E-state index in [0.717, 1.165) is 0 Å². The largest absolute Gasteiger partial charge is 0.443 e. The van der Waals surface area contributed by atoms with Gasteiger partial charge in [-0.3, -0.25) is 0 Å². The molecule has 0 amide bonds. The van der Waals surface area contributed by atoms with Crippen molar-refractivity contribution in [3.05, 3.63) is 30.2 Å². The van der Waals surface area contributed by atoms with Crippen molar-refractivity contribution in [2.45, 2.75) is 37.2 Å². The lowest BCUT2D eigenvalue weighted by molar-refractivity contribution is -0.189. The number of hydrogen-bond donors (Lipinski definition) is 0. The van der Waals surface area contributed by atoms with Gasteiger partial charge in [-0.2, -0.15) is 13.2 Å². The molecule has 0 aliphatic heterocycles. The molecule has 2 aromatic rings. The molecular formula is C15H15ClF3NO. The van der Waals surface area contributed by atoms with Crippen molar-refractivity contribution >= 4 is 22.7 Å². The highest BCUT2D eigenvalue weighted by Crippen LogP contribution is 2.50. The van der Waals surface area contributed by atoms with E-state index in [4.69, 9.17) is 16.0 Å². The van der Waals surface area contributed by atoms with Gasteiger partial charge in [-0.25, -0.2) is 4.98 Å². The Morgan fingerprint density at radius 1 is 1.29 bits per heavy atom.